The van der Waals surface area contributed by atoms with Crippen molar-refractivity contribution < 1.29 is 9.90 Å². The molecule has 0 radical (unpaired) electrons. The lowest BCUT2D eigenvalue weighted by molar-refractivity contribution is 0.247. The van der Waals surface area contributed by atoms with Crippen LogP contribution in [0.5, 0.6) is 5.75 Å². The lowest BCUT2D eigenvalue weighted by Crippen LogP contribution is -2.32. The van der Waals surface area contributed by atoms with Gasteiger partial charge in [0.25, 0.3) is 0 Å². The third-order valence-electron chi connectivity index (χ3n) is 3.21. The van der Waals surface area contributed by atoms with Crippen LogP contribution in [0.4, 0.5) is 0 Å². The van der Waals surface area contributed by atoms with E-state index >= 15 is 0 Å². The Bertz CT molecular complexity index is 474. The molecule has 1 aliphatic rings. The first-order chi connectivity index (χ1) is 7.59. The van der Waals surface area contributed by atoms with E-state index in [0.29, 0.717) is 16.1 Å². The number of aromatic hydroxyl groups is 1. The third-order valence-corrected chi connectivity index (χ3v) is 3.43. The highest BCUT2D eigenvalue weighted by molar-refractivity contribution is 6.30. The maximum Gasteiger partial charge on any atom is 0.235 e. The molecule has 1 N–H and O–H groups in total. The van der Waals surface area contributed by atoms with Crippen molar-refractivity contribution in [3.8, 4) is 5.75 Å². The van der Waals surface area contributed by atoms with Crippen LogP contribution in [0.3, 0.4) is 0 Å². The molecule has 0 aliphatic heterocycles. The van der Waals surface area contributed by atoms with E-state index in [0.717, 1.165) is 19.3 Å². The monoisotopic (exact) mass is 237 g/mol. The summed E-state index contributed by atoms with van der Waals surface area (Å²) in [4.78, 5) is 14.3. The minimum absolute atomic E-state index is 0.183. The molecule has 4 heteroatoms. The van der Waals surface area contributed by atoms with Crippen LogP contribution in [0.25, 0.3) is 0 Å². The van der Waals surface area contributed by atoms with Gasteiger partial charge in [0.1, 0.15) is 11.3 Å². The van der Waals surface area contributed by atoms with E-state index in [1.54, 1.807) is 25.1 Å². The normalized spacial score (nSPS) is 17.4. The zero-order valence-electron chi connectivity index (χ0n) is 8.96. The van der Waals surface area contributed by atoms with Gasteiger partial charge in [0.15, 0.2) is 0 Å². The third kappa shape index (κ3) is 1.62. The highest BCUT2D eigenvalue weighted by Crippen LogP contribution is 2.49. The number of isocyanates is 1. The lowest BCUT2D eigenvalue weighted by atomic mass is 9.71. The van der Waals surface area contributed by atoms with E-state index in [9.17, 15) is 9.90 Å². The first-order valence-electron chi connectivity index (χ1n) is 5.18. The van der Waals surface area contributed by atoms with Crippen LogP contribution in [0.15, 0.2) is 17.1 Å². The molecule has 0 heterocycles. The smallest absolute Gasteiger partial charge is 0.235 e. The van der Waals surface area contributed by atoms with Gasteiger partial charge in [0.2, 0.25) is 6.08 Å². The molecule has 0 unspecified atom stereocenters. The minimum Gasteiger partial charge on any atom is -0.507 e. The Balaban J connectivity index is 2.58. The van der Waals surface area contributed by atoms with Crippen LogP contribution in [0.2, 0.25) is 5.02 Å². The zero-order valence-corrected chi connectivity index (χ0v) is 9.71. The second kappa shape index (κ2) is 3.93. The number of phenolic OH excluding ortho intramolecular Hbond substituents is 1. The Labute approximate surface area is 98.8 Å². The predicted octanol–water partition coefficient (Wildman–Crippen LogP) is 3.07. The number of aliphatic imine (C=N–C) groups is 1. The largest absolute Gasteiger partial charge is 0.507 e. The first-order valence-corrected chi connectivity index (χ1v) is 5.55. The van der Waals surface area contributed by atoms with Crippen LogP contribution in [0.1, 0.15) is 30.4 Å². The van der Waals surface area contributed by atoms with Crippen molar-refractivity contribution in [2.24, 2.45) is 4.99 Å². The molecular formula is C12H12ClNO2. The van der Waals surface area contributed by atoms with E-state index in [1.165, 1.54) is 0 Å². The summed E-state index contributed by atoms with van der Waals surface area (Å²) in [6, 6.07) is 3.38. The molecule has 2 rings (SSSR count). The number of phenols is 1. The molecule has 1 aromatic carbocycles. The summed E-state index contributed by atoms with van der Waals surface area (Å²) in [5.41, 5.74) is 0.753. The van der Waals surface area contributed by atoms with Crippen molar-refractivity contribution in [3.63, 3.8) is 0 Å². The molecule has 0 spiro atoms. The Morgan fingerprint density at radius 2 is 2.19 bits per heavy atom. The molecule has 0 bridgehead atoms. The van der Waals surface area contributed by atoms with Gasteiger partial charge < -0.3 is 5.11 Å². The number of carbonyl (C=O) groups excluding carboxylic acids is 1. The van der Waals surface area contributed by atoms with Gasteiger partial charge in [-0.15, -0.1) is 0 Å². The summed E-state index contributed by atoms with van der Waals surface area (Å²) < 4.78 is 0. The summed E-state index contributed by atoms with van der Waals surface area (Å²) in [6.07, 6.45) is 4.11. The maximum absolute atomic E-state index is 10.5. The number of halogens is 1. The van der Waals surface area contributed by atoms with Gasteiger partial charge in [0.05, 0.1) is 0 Å². The zero-order chi connectivity index (χ0) is 11.8. The number of rotatable bonds is 2. The van der Waals surface area contributed by atoms with Gasteiger partial charge >= 0.3 is 0 Å². The molecule has 3 nitrogen and oxygen atoms in total. The quantitative estimate of drug-likeness (QED) is 0.635. The Morgan fingerprint density at radius 3 is 2.69 bits per heavy atom. The molecule has 16 heavy (non-hydrogen) atoms. The molecule has 0 atom stereocenters. The predicted molar refractivity (Wildman–Crippen MR) is 61.5 cm³/mol. The van der Waals surface area contributed by atoms with Gasteiger partial charge in [-0.05, 0) is 43.9 Å². The van der Waals surface area contributed by atoms with Crippen molar-refractivity contribution in [1.82, 2.24) is 0 Å². The fourth-order valence-corrected chi connectivity index (χ4v) is 2.40. The van der Waals surface area contributed by atoms with E-state index in [-0.39, 0.29) is 5.75 Å². The van der Waals surface area contributed by atoms with E-state index in [2.05, 4.69) is 4.99 Å². The molecule has 1 saturated carbocycles. The van der Waals surface area contributed by atoms with Crippen LogP contribution < -0.4 is 0 Å². The van der Waals surface area contributed by atoms with Gasteiger partial charge in [0, 0.05) is 10.6 Å². The Hall–Kier alpha value is -1.31. The van der Waals surface area contributed by atoms with Crippen molar-refractivity contribution in [3.05, 3.63) is 28.3 Å². The van der Waals surface area contributed by atoms with Crippen molar-refractivity contribution in [2.45, 2.75) is 31.7 Å². The number of benzene rings is 1. The topological polar surface area (TPSA) is 49.7 Å². The van der Waals surface area contributed by atoms with E-state index < -0.39 is 5.54 Å². The minimum atomic E-state index is -0.596. The van der Waals surface area contributed by atoms with E-state index in [1.807, 2.05) is 0 Å². The van der Waals surface area contributed by atoms with Crippen LogP contribution in [-0.4, -0.2) is 11.2 Å². The highest BCUT2D eigenvalue weighted by atomic mass is 35.5. The highest BCUT2D eigenvalue weighted by Gasteiger charge is 2.41. The molecule has 0 saturated heterocycles. The van der Waals surface area contributed by atoms with Crippen molar-refractivity contribution in [1.29, 1.82) is 0 Å². The maximum atomic E-state index is 10.5. The Kier molecular flexibility index (Phi) is 2.75. The first kappa shape index (κ1) is 11.2. The number of nitrogens with zero attached hydrogens (tertiary/aromatic N) is 1. The summed E-state index contributed by atoms with van der Waals surface area (Å²) >= 11 is 5.96. The average molecular weight is 238 g/mol. The van der Waals surface area contributed by atoms with Crippen LogP contribution in [-0.2, 0) is 10.3 Å². The summed E-state index contributed by atoms with van der Waals surface area (Å²) in [6.45, 7) is 1.78. The van der Waals surface area contributed by atoms with Gasteiger partial charge in [-0.1, -0.05) is 11.6 Å². The van der Waals surface area contributed by atoms with Crippen molar-refractivity contribution >= 4 is 17.7 Å². The molecule has 1 fully saturated rings. The summed E-state index contributed by atoms with van der Waals surface area (Å²) in [5.74, 6) is 0.183. The molecule has 0 aromatic heterocycles. The second-order valence-corrected chi connectivity index (χ2v) is 4.64. The van der Waals surface area contributed by atoms with Gasteiger partial charge in [-0.25, -0.2) is 4.79 Å². The lowest BCUT2D eigenvalue weighted by Gasteiger charge is -2.37. The fourth-order valence-electron chi connectivity index (χ4n) is 2.13. The fraction of sp³-hybridized carbons (Fsp3) is 0.417. The average Bonchev–Trinajstić information content (AvgIpc) is 2.17. The SMILES string of the molecule is Cc1cc(Cl)cc(C2(N=C=O)CCC2)c1O. The van der Waals surface area contributed by atoms with Crippen molar-refractivity contribution in [2.75, 3.05) is 0 Å². The second-order valence-electron chi connectivity index (χ2n) is 4.21. The standard InChI is InChI=1S/C12H12ClNO2/c1-8-5-9(13)6-10(11(8)16)12(14-7-15)3-2-4-12/h5-6,16H,2-4H2,1H3. The summed E-state index contributed by atoms with van der Waals surface area (Å²) in [7, 11) is 0. The molecular weight excluding hydrogens is 226 g/mol. The molecule has 1 aromatic rings. The van der Waals surface area contributed by atoms with Gasteiger partial charge in [-0.2, -0.15) is 4.99 Å². The molecule has 1 aliphatic carbocycles. The number of hydrogen-bond donors (Lipinski definition) is 1. The van der Waals surface area contributed by atoms with Gasteiger partial charge in [-0.3, -0.25) is 0 Å². The summed E-state index contributed by atoms with van der Waals surface area (Å²) in [5, 5.41) is 10.6. The number of aryl methyl sites for hydroxylation is 1. The van der Waals surface area contributed by atoms with Crippen LogP contribution >= 0.6 is 11.6 Å². The molecule has 84 valence electrons. The molecule has 0 amide bonds. The Morgan fingerprint density at radius 1 is 1.50 bits per heavy atom. The van der Waals surface area contributed by atoms with Crippen LogP contribution in [0, 0.1) is 6.92 Å². The van der Waals surface area contributed by atoms with E-state index in [4.69, 9.17) is 11.6 Å². The number of hydrogen-bond acceptors (Lipinski definition) is 3.